The molecule has 4 N–H and O–H groups in total. The number of imide groups is 4. The van der Waals surface area contributed by atoms with Crippen molar-refractivity contribution in [2.45, 2.75) is 143 Å². The Balaban J connectivity index is 0.000000256. The second kappa shape index (κ2) is 34.2. The summed E-state index contributed by atoms with van der Waals surface area (Å²) in [5.41, 5.74) is 2.00. The van der Waals surface area contributed by atoms with Crippen LogP contribution >= 0.6 is 0 Å². The van der Waals surface area contributed by atoms with E-state index in [1.165, 1.54) is 19.6 Å². The van der Waals surface area contributed by atoms with Gasteiger partial charge in [0, 0.05) is 101 Å². The monoisotopic (exact) mass is 1250 g/mol. The number of aryl methyl sites for hydroxylation is 2. The van der Waals surface area contributed by atoms with Gasteiger partial charge in [-0.1, -0.05) is 52.0 Å². The highest BCUT2D eigenvalue weighted by Crippen LogP contribution is 2.37. The number of hydrogen-bond donors (Lipinski definition) is 4. The SMILES string of the molecule is CC1(C)CC(=O)N(CC2CCC(C(=O)NCCOCCOCCC(=O)Nc3ccc(CCC(=O)N4CCC4=O)cc3)CC2)C1=O.CC1(C)CC(=O)N(CC2CCC(C(=O)NCCOCCOCCC(=O)Nc3ccc(CCC(=O)N4CCC4=O)cc3)CC2)C1=O. The van der Waals surface area contributed by atoms with E-state index >= 15 is 0 Å². The Morgan fingerprint density at radius 3 is 1.09 bits per heavy atom. The molecule has 4 heterocycles. The summed E-state index contributed by atoms with van der Waals surface area (Å²) in [4.78, 5) is 151. The highest BCUT2D eigenvalue weighted by Gasteiger charge is 2.47. The van der Waals surface area contributed by atoms with Gasteiger partial charge < -0.3 is 40.2 Å². The second-order valence-corrected chi connectivity index (χ2v) is 25.6. The number of benzene rings is 2. The van der Waals surface area contributed by atoms with Gasteiger partial charge in [-0.25, -0.2) is 0 Å². The number of rotatable bonds is 32. The summed E-state index contributed by atoms with van der Waals surface area (Å²) in [5.74, 6) is -0.832. The van der Waals surface area contributed by atoms with Crippen LogP contribution in [0.3, 0.4) is 0 Å². The van der Waals surface area contributed by atoms with Gasteiger partial charge in [0.05, 0.1) is 76.5 Å². The first-order valence-corrected chi connectivity index (χ1v) is 32.1. The van der Waals surface area contributed by atoms with Gasteiger partial charge in [-0.3, -0.25) is 77.1 Å². The first kappa shape index (κ1) is 70.2. The number of carbonyl (C=O) groups excluding carboxylic acids is 12. The van der Waals surface area contributed by atoms with Crippen molar-refractivity contribution >= 4 is 82.3 Å². The van der Waals surface area contributed by atoms with Crippen molar-refractivity contribution in [3.05, 3.63) is 59.7 Å². The molecule has 24 heteroatoms. The lowest BCUT2D eigenvalue weighted by Gasteiger charge is -2.30. The van der Waals surface area contributed by atoms with Gasteiger partial charge in [0.1, 0.15) is 0 Å². The Morgan fingerprint density at radius 2 is 0.789 bits per heavy atom. The van der Waals surface area contributed by atoms with Gasteiger partial charge >= 0.3 is 0 Å². The first-order valence-electron chi connectivity index (χ1n) is 32.1. The zero-order chi connectivity index (χ0) is 64.8. The zero-order valence-corrected chi connectivity index (χ0v) is 52.9. The summed E-state index contributed by atoms with van der Waals surface area (Å²) < 4.78 is 22.0. The molecule has 12 amide bonds. The molecule has 6 fully saturated rings. The normalized spacial score (nSPS) is 21.1. The molecule has 0 unspecified atom stereocenters. The number of likely N-dealkylation sites (tertiary alicyclic amines) is 4. The third kappa shape index (κ3) is 21.4. The third-order valence-electron chi connectivity index (χ3n) is 17.6. The Hall–Kier alpha value is -7.28. The van der Waals surface area contributed by atoms with Crippen LogP contribution in [0.25, 0.3) is 0 Å². The number of nitrogens with one attached hydrogen (secondary N) is 4. The summed E-state index contributed by atoms with van der Waals surface area (Å²) in [7, 11) is 0. The highest BCUT2D eigenvalue weighted by molar-refractivity contribution is 6.06. The van der Waals surface area contributed by atoms with Crippen molar-refractivity contribution in [1.82, 2.24) is 30.2 Å². The average Bonchev–Trinajstić information content (AvgIpc) is 2.43. The molecule has 0 aromatic heterocycles. The molecule has 0 radical (unpaired) electrons. The average molecular weight is 1250 g/mol. The Kier molecular flexibility index (Phi) is 26.7. The quantitative estimate of drug-likeness (QED) is 0.0430. The van der Waals surface area contributed by atoms with Crippen LogP contribution in [0.4, 0.5) is 11.4 Å². The topological polar surface area (TPSA) is 303 Å². The molecule has 4 aliphatic heterocycles. The smallest absolute Gasteiger partial charge is 0.235 e. The number of β-lactam (4-membered cyclic amide) rings is 2. The molecule has 6 aliphatic rings. The standard InChI is InChI=1S/2C33H46N4O8/c2*1-33(2)21-30(41)37(32(33)43)22-24-3-8-25(9-4-24)31(42)34-15-18-45-20-19-44-17-14-27(38)35-26-10-5-23(6-11-26)7-12-28(39)36-16-13-29(36)40/h2*5-6,10-11,24-25H,3-4,7-9,12-22H2,1-2H3,(H,34,42)(H,35,38). The molecule has 2 aliphatic carbocycles. The summed E-state index contributed by atoms with van der Waals surface area (Å²) in [5, 5.41) is 11.5. The number of hydrogen-bond acceptors (Lipinski definition) is 16. The fourth-order valence-electron chi connectivity index (χ4n) is 11.8. The fourth-order valence-corrected chi connectivity index (χ4v) is 11.8. The molecule has 8 rings (SSSR count). The zero-order valence-electron chi connectivity index (χ0n) is 52.9. The Labute approximate surface area is 527 Å². The van der Waals surface area contributed by atoms with E-state index < -0.39 is 10.8 Å². The molecule has 0 bridgehead atoms. The molecule has 492 valence electrons. The van der Waals surface area contributed by atoms with E-state index in [9.17, 15) is 57.5 Å². The number of nitrogens with zero attached hydrogens (tertiary/aromatic N) is 4. The molecule has 0 spiro atoms. The van der Waals surface area contributed by atoms with E-state index in [4.69, 9.17) is 18.9 Å². The minimum atomic E-state index is -0.612. The predicted molar refractivity (Wildman–Crippen MR) is 329 cm³/mol. The van der Waals surface area contributed by atoms with E-state index in [0.717, 1.165) is 62.5 Å². The summed E-state index contributed by atoms with van der Waals surface area (Å²) in [6.45, 7) is 12.6. The van der Waals surface area contributed by atoms with Crippen molar-refractivity contribution in [1.29, 1.82) is 0 Å². The van der Waals surface area contributed by atoms with Gasteiger partial charge in [-0.2, -0.15) is 0 Å². The third-order valence-corrected chi connectivity index (χ3v) is 17.6. The maximum atomic E-state index is 12.6. The van der Waals surface area contributed by atoms with Crippen molar-refractivity contribution < 1.29 is 76.5 Å². The Bertz CT molecular complexity index is 2670. The van der Waals surface area contributed by atoms with E-state index in [0.29, 0.717) is 116 Å². The van der Waals surface area contributed by atoms with Crippen LogP contribution < -0.4 is 21.3 Å². The second-order valence-electron chi connectivity index (χ2n) is 25.6. The van der Waals surface area contributed by atoms with E-state index in [1.54, 1.807) is 24.3 Å². The van der Waals surface area contributed by atoms with Crippen molar-refractivity contribution in [2.24, 2.45) is 34.5 Å². The van der Waals surface area contributed by atoms with Crippen molar-refractivity contribution in [3.63, 3.8) is 0 Å². The van der Waals surface area contributed by atoms with E-state index in [1.807, 2.05) is 52.0 Å². The molecule has 4 saturated heterocycles. The fraction of sp³-hybridized carbons (Fsp3) is 0.636. The van der Waals surface area contributed by atoms with Gasteiger partial charge in [0.2, 0.25) is 70.9 Å². The number of ether oxygens (including phenoxy) is 4. The molecular weight excluding hydrogens is 1160 g/mol. The first-order chi connectivity index (χ1) is 43.1. The van der Waals surface area contributed by atoms with Crippen LogP contribution in [0.15, 0.2) is 48.5 Å². The molecule has 24 nitrogen and oxygen atoms in total. The molecule has 90 heavy (non-hydrogen) atoms. The van der Waals surface area contributed by atoms with Crippen LogP contribution in [0.1, 0.15) is 142 Å². The predicted octanol–water partition coefficient (Wildman–Crippen LogP) is 4.90. The molecule has 0 atom stereocenters. The molecular formula is C66H92N8O16. The largest absolute Gasteiger partial charge is 0.379 e. The maximum absolute atomic E-state index is 12.6. The van der Waals surface area contributed by atoms with Crippen LogP contribution in [0.5, 0.6) is 0 Å². The maximum Gasteiger partial charge on any atom is 0.235 e. The summed E-state index contributed by atoms with van der Waals surface area (Å²) in [6.07, 6.45) is 9.71. The van der Waals surface area contributed by atoms with E-state index in [2.05, 4.69) is 21.3 Å². The van der Waals surface area contributed by atoms with Gasteiger partial charge in [0.15, 0.2) is 0 Å². The number of carbonyl (C=O) groups is 12. The molecule has 2 saturated carbocycles. The lowest BCUT2D eigenvalue weighted by molar-refractivity contribution is -0.153. The number of amides is 12. The van der Waals surface area contributed by atoms with Crippen LogP contribution in [-0.4, -0.2) is 183 Å². The van der Waals surface area contributed by atoms with Crippen LogP contribution in [-0.2, 0) is 89.3 Å². The van der Waals surface area contributed by atoms with Crippen molar-refractivity contribution in [3.8, 4) is 0 Å². The van der Waals surface area contributed by atoms with E-state index in [-0.39, 0.29) is 146 Å². The molecule has 2 aromatic carbocycles. The lowest BCUT2D eigenvalue weighted by atomic mass is 9.81. The Morgan fingerprint density at radius 1 is 0.444 bits per heavy atom. The molecule has 2 aromatic rings. The number of anilines is 2. The minimum absolute atomic E-state index is 0.0124. The van der Waals surface area contributed by atoms with Crippen LogP contribution in [0, 0.1) is 34.5 Å². The lowest BCUT2D eigenvalue weighted by Crippen LogP contribution is -2.47. The highest BCUT2D eigenvalue weighted by atomic mass is 16.5. The van der Waals surface area contributed by atoms with Crippen molar-refractivity contribution in [2.75, 3.05) is 103 Å². The van der Waals surface area contributed by atoms with Crippen LogP contribution in [0.2, 0.25) is 0 Å². The van der Waals surface area contributed by atoms with Gasteiger partial charge in [0.25, 0.3) is 0 Å². The summed E-state index contributed by atoms with van der Waals surface area (Å²) >= 11 is 0. The van der Waals surface area contributed by atoms with Gasteiger partial charge in [-0.05, 0) is 111 Å². The minimum Gasteiger partial charge on any atom is -0.379 e. The van der Waals surface area contributed by atoms with Gasteiger partial charge in [-0.15, -0.1) is 0 Å². The summed E-state index contributed by atoms with van der Waals surface area (Å²) in [6, 6.07) is 14.6.